The lowest BCUT2D eigenvalue weighted by atomic mass is 9.72. The standard InChI is InChI=1S/C38H59NO6S/c1-2-3-6-14-29(40)18-19-30-34-23-27-13-11-12-26(17-20-36(41)42)33(27)24-28(34)25-35(30)45-38(44)32-16-8-7-15-31(32)37(43)39-21-9-4-5-10-22-46/h11-13,28-32,34-35,40,46H,2-10,14-25H2,1H3,(H,39,43)(H,41,42)/t28-,29-,30+,31-,32+,34-,35+/m0/s1. The molecule has 7 atom stereocenters. The van der Waals surface area contributed by atoms with Crippen LogP contribution in [0.4, 0.5) is 0 Å². The molecule has 0 aliphatic heterocycles. The predicted molar refractivity (Wildman–Crippen MR) is 185 cm³/mol. The maximum atomic E-state index is 13.9. The molecule has 3 aliphatic carbocycles. The Morgan fingerprint density at radius 2 is 1.78 bits per heavy atom. The van der Waals surface area contributed by atoms with E-state index in [-0.39, 0.29) is 42.3 Å². The van der Waals surface area contributed by atoms with E-state index >= 15 is 0 Å². The van der Waals surface area contributed by atoms with Crippen molar-refractivity contribution in [2.24, 2.45) is 29.6 Å². The van der Waals surface area contributed by atoms with E-state index in [1.807, 2.05) is 6.07 Å². The smallest absolute Gasteiger partial charge is 0.310 e. The average Bonchev–Trinajstić information content (AvgIpc) is 3.38. The van der Waals surface area contributed by atoms with Crippen molar-refractivity contribution in [1.29, 1.82) is 0 Å². The van der Waals surface area contributed by atoms with Gasteiger partial charge in [0.25, 0.3) is 0 Å². The third-order valence-electron chi connectivity index (χ3n) is 11.1. The molecule has 1 amide bonds. The number of ether oxygens (including phenoxy) is 1. The van der Waals surface area contributed by atoms with Crippen molar-refractivity contribution in [3.8, 4) is 0 Å². The van der Waals surface area contributed by atoms with Crippen LogP contribution in [0, 0.1) is 29.6 Å². The fraction of sp³-hybridized carbons (Fsp3) is 0.763. The normalized spacial score (nSPS) is 26.2. The van der Waals surface area contributed by atoms with Gasteiger partial charge in [-0.15, -0.1) is 0 Å². The first kappa shape index (κ1) is 36.8. The zero-order valence-electron chi connectivity index (χ0n) is 28.1. The molecule has 258 valence electrons. The van der Waals surface area contributed by atoms with Crippen LogP contribution in [0.1, 0.15) is 126 Å². The summed E-state index contributed by atoms with van der Waals surface area (Å²) in [6.45, 7) is 2.82. The van der Waals surface area contributed by atoms with Crippen molar-refractivity contribution in [2.45, 2.75) is 141 Å². The molecular weight excluding hydrogens is 598 g/mol. The third-order valence-corrected chi connectivity index (χ3v) is 11.4. The van der Waals surface area contributed by atoms with Crippen LogP contribution in [0.3, 0.4) is 0 Å². The summed E-state index contributed by atoms with van der Waals surface area (Å²) in [5.74, 6) is 0.0270. The second-order valence-electron chi connectivity index (χ2n) is 14.3. The lowest BCUT2D eigenvalue weighted by Gasteiger charge is -2.34. The van der Waals surface area contributed by atoms with Crippen molar-refractivity contribution in [3.05, 3.63) is 34.9 Å². The number of carboxylic acids is 1. The van der Waals surface area contributed by atoms with Crippen molar-refractivity contribution >= 4 is 30.5 Å². The number of fused-ring (bicyclic) bond motifs is 2. The average molecular weight is 658 g/mol. The monoisotopic (exact) mass is 657 g/mol. The molecule has 3 N–H and O–H groups in total. The van der Waals surface area contributed by atoms with Gasteiger partial charge in [-0.05, 0) is 111 Å². The highest BCUT2D eigenvalue weighted by molar-refractivity contribution is 7.80. The van der Waals surface area contributed by atoms with Crippen LogP contribution >= 0.6 is 12.6 Å². The summed E-state index contributed by atoms with van der Waals surface area (Å²) in [4.78, 5) is 38.5. The van der Waals surface area contributed by atoms with E-state index in [4.69, 9.17) is 4.74 Å². The number of aliphatic hydroxyl groups excluding tert-OH is 1. The number of benzene rings is 1. The molecule has 0 unspecified atom stereocenters. The highest BCUT2D eigenvalue weighted by atomic mass is 32.1. The Labute approximate surface area is 282 Å². The lowest BCUT2D eigenvalue weighted by molar-refractivity contribution is -0.162. The number of unbranched alkanes of at least 4 members (excludes halogenated alkanes) is 5. The first-order valence-corrected chi connectivity index (χ1v) is 19.0. The van der Waals surface area contributed by atoms with Crippen LogP contribution in [-0.2, 0) is 38.4 Å². The number of carbonyl (C=O) groups excluding carboxylic acids is 2. The van der Waals surface area contributed by atoms with Crippen LogP contribution in [-0.4, -0.2) is 52.6 Å². The molecule has 0 radical (unpaired) electrons. The molecule has 2 fully saturated rings. The number of rotatable bonds is 19. The molecule has 0 saturated heterocycles. The SMILES string of the molecule is CCCCC[C@H](O)CC[C@@H]1[C@H]2Cc3cccc(CCC(=O)O)c3C[C@H]2C[C@H]1OC(=O)[C@@H]1CCCC[C@@H]1C(=O)NCCCCCCS. The van der Waals surface area contributed by atoms with Gasteiger partial charge in [-0.2, -0.15) is 12.6 Å². The van der Waals surface area contributed by atoms with Crippen molar-refractivity contribution in [3.63, 3.8) is 0 Å². The fourth-order valence-electron chi connectivity index (χ4n) is 8.55. The van der Waals surface area contributed by atoms with E-state index in [0.29, 0.717) is 37.6 Å². The van der Waals surface area contributed by atoms with E-state index < -0.39 is 11.9 Å². The predicted octanol–water partition coefficient (Wildman–Crippen LogP) is 7.10. The van der Waals surface area contributed by atoms with Crippen LogP contribution in [0.15, 0.2) is 18.2 Å². The molecule has 2 saturated carbocycles. The molecule has 46 heavy (non-hydrogen) atoms. The summed E-state index contributed by atoms with van der Waals surface area (Å²) in [6, 6.07) is 6.29. The molecular formula is C38H59NO6S. The second-order valence-corrected chi connectivity index (χ2v) is 14.8. The Kier molecular flexibility index (Phi) is 15.2. The molecule has 7 nitrogen and oxygen atoms in total. The number of nitrogens with one attached hydrogen (secondary N) is 1. The summed E-state index contributed by atoms with van der Waals surface area (Å²) in [7, 11) is 0. The Balaban J connectivity index is 1.44. The largest absolute Gasteiger partial charge is 0.481 e. The van der Waals surface area contributed by atoms with Gasteiger partial charge in [0.2, 0.25) is 5.91 Å². The summed E-state index contributed by atoms with van der Waals surface area (Å²) in [5, 5.41) is 23.2. The first-order valence-electron chi connectivity index (χ1n) is 18.4. The highest BCUT2D eigenvalue weighted by Gasteiger charge is 2.48. The maximum absolute atomic E-state index is 13.9. The molecule has 0 heterocycles. The summed E-state index contributed by atoms with van der Waals surface area (Å²) >= 11 is 4.27. The quantitative estimate of drug-likeness (QED) is 0.0717. The number of hydrogen-bond donors (Lipinski definition) is 4. The number of carbonyl (C=O) groups is 3. The number of aliphatic hydroxyl groups is 1. The molecule has 4 rings (SSSR count). The first-order chi connectivity index (χ1) is 22.3. The number of aryl methyl sites for hydroxylation is 1. The van der Waals surface area contributed by atoms with Gasteiger partial charge < -0.3 is 20.3 Å². The van der Waals surface area contributed by atoms with E-state index in [1.54, 1.807) is 0 Å². The molecule has 0 aromatic heterocycles. The van der Waals surface area contributed by atoms with E-state index in [1.165, 1.54) is 11.1 Å². The van der Waals surface area contributed by atoms with Crippen molar-refractivity contribution in [2.75, 3.05) is 12.3 Å². The van der Waals surface area contributed by atoms with Gasteiger partial charge in [0, 0.05) is 13.0 Å². The van der Waals surface area contributed by atoms with Crippen molar-refractivity contribution in [1.82, 2.24) is 5.32 Å². The molecule has 0 bridgehead atoms. The van der Waals surface area contributed by atoms with Crippen molar-refractivity contribution < 1.29 is 29.3 Å². The zero-order chi connectivity index (χ0) is 32.9. The number of amides is 1. The fourth-order valence-corrected chi connectivity index (χ4v) is 8.77. The van der Waals surface area contributed by atoms with Gasteiger partial charge in [0.15, 0.2) is 0 Å². The van der Waals surface area contributed by atoms with Gasteiger partial charge in [-0.25, -0.2) is 0 Å². The third kappa shape index (κ3) is 10.5. The Hall–Kier alpha value is -2.06. The summed E-state index contributed by atoms with van der Waals surface area (Å²) in [5.41, 5.74) is 3.70. The summed E-state index contributed by atoms with van der Waals surface area (Å²) in [6.07, 6.45) is 15.8. The molecule has 8 heteroatoms. The minimum atomic E-state index is -0.782. The minimum absolute atomic E-state index is 0.00738. The van der Waals surface area contributed by atoms with Crippen LogP contribution in [0.2, 0.25) is 0 Å². The van der Waals surface area contributed by atoms with Crippen LogP contribution in [0.5, 0.6) is 0 Å². The van der Waals surface area contributed by atoms with Gasteiger partial charge in [0.05, 0.1) is 17.9 Å². The number of hydrogen-bond acceptors (Lipinski definition) is 6. The lowest BCUT2D eigenvalue weighted by Crippen LogP contribution is -2.42. The number of carboxylic acid groups (broad SMARTS) is 1. The summed E-state index contributed by atoms with van der Waals surface area (Å²) < 4.78 is 6.46. The number of aliphatic carboxylic acids is 1. The number of esters is 1. The second kappa shape index (κ2) is 19.1. The molecule has 1 aromatic rings. The van der Waals surface area contributed by atoms with Gasteiger partial charge in [-0.1, -0.05) is 70.1 Å². The Bertz CT molecular complexity index is 1130. The Morgan fingerprint density at radius 1 is 1.00 bits per heavy atom. The zero-order valence-corrected chi connectivity index (χ0v) is 29.0. The van der Waals surface area contributed by atoms with Gasteiger partial charge >= 0.3 is 11.9 Å². The van der Waals surface area contributed by atoms with E-state index in [2.05, 4.69) is 37.0 Å². The minimum Gasteiger partial charge on any atom is -0.481 e. The van der Waals surface area contributed by atoms with Gasteiger partial charge in [0.1, 0.15) is 6.10 Å². The maximum Gasteiger partial charge on any atom is 0.310 e. The van der Waals surface area contributed by atoms with Crippen LogP contribution in [0.25, 0.3) is 0 Å². The van der Waals surface area contributed by atoms with Gasteiger partial charge in [-0.3, -0.25) is 14.4 Å². The van der Waals surface area contributed by atoms with Crippen LogP contribution < -0.4 is 5.32 Å². The molecule has 3 aliphatic rings. The topological polar surface area (TPSA) is 113 Å². The van der Waals surface area contributed by atoms with E-state index in [0.717, 1.165) is 108 Å². The molecule has 0 spiro atoms. The Morgan fingerprint density at radius 3 is 2.54 bits per heavy atom. The molecule has 1 aromatic carbocycles. The van der Waals surface area contributed by atoms with E-state index in [9.17, 15) is 24.6 Å². The highest BCUT2D eigenvalue weighted by Crippen LogP contribution is 2.49. The number of thiol groups is 1.